The Morgan fingerprint density at radius 2 is 1.93 bits per heavy atom. The fourth-order valence-electron chi connectivity index (χ4n) is 0.998. The highest BCUT2D eigenvalue weighted by molar-refractivity contribution is 5.83. The van der Waals surface area contributed by atoms with E-state index in [1.54, 1.807) is 20.9 Å². The standard InChI is InChI=1S/C9H18N2O3/c1-6(2)8(9(13)14)11-7(12)4-5-10-3/h6,8,10H,4-5H2,1-3H3,(H,11,12)(H,13,14). The van der Waals surface area contributed by atoms with Crippen LogP contribution in [0.4, 0.5) is 0 Å². The van der Waals surface area contributed by atoms with Gasteiger partial charge in [-0.3, -0.25) is 4.79 Å². The van der Waals surface area contributed by atoms with Gasteiger partial charge < -0.3 is 15.7 Å². The van der Waals surface area contributed by atoms with Gasteiger partial charge in [0, 0.05) is 13.0 Å². The molecule has 5 heteroatoms. The molecule has 0 aliphatic heterocycles. The van der Waals surface area contributed by atoms with Gasteiger partial charge in [-0.1, -0.05) is 13.8 Å². The summed E-state index contributed by atoms with van der Waals surface area (Å²) in [6, 6.07) is -0.792. The zero-order valence-corrected chi connectivity index (χ0v) is 8.83. The van der Waals surface area contributed by atoms with Crippen LogP contribution in [0.1, 0.15) is 20.3 Å². The molecule has 0 rings (SSSR count). The maximum Gasteiger partial charge on any atom is 0.326 e. The highest BCUT2D eigenvalue weighted by atomic mass is 16.4. The number of rotatable bonds is 6. The normalized spacial score (nSPS) is 12.6. The Morgan fingerprint density at radius 1 is 1.36 bits per heavy atom. The van der Waals surface area contributed by atoms with Crippen LogP contribution < -0.4 is 10.6 Å². The molecule has 0 aromatic rings. The van der Waals surface area contributed by atoms with E-state index in [1.807, 2.05) is 0 Å². The number of hydrogen-bond donors (Lipinski definition) is 3. The second-order valence-corrected chi connectivity index (χ2v) is 3.48. The Morgan fingerprint density at radius 3 is 2.29 bits per heavy atom. The predicted molar refractivity (Wildman–Crippen MR) is 52.9 cm³/mol. The lowest BCUT2D eigenvalue weighted by Crippen LogP contribution is -2.44. The average Bonchev–Trinajstić information content (AvgIpc) is 2.09. The minimum absolute atomic E-state index is 0.106. The molecule has 0 heterocycles. The molecular formula is C9H18N2O3. The van der Waals surface area contributed by atoms with Gasteiger partial charge in [0.2, 0.25) is 5.91 Å². The van der Waals surface area contributed by atoms with Crippen LogP contribution >= 0.6 is 0 Å². The fourth-order valence-corrected chi connectivity index (χ4v) is 0.998. The van der Waals surface area contributed by atoms with Crippen molar-refractivity contribution in [2.45, 2.75) is 26.3 Å². The van der Waals surface area contributed by atoms with Crippen LogP contribution in [0.15, 0.2) is 0 Å². The third-order valence-corrected chi connectivity index (χ3v) is 1.85. The second-order valence-electron chi connectivity index (χ2n) is 3.48. The maximum atomic E-state index is 11.2. The molecule has 1 atom stereocenters. The maximum absolute atomic E-state index is 11.2. The number of carboxylic acids is 1. The summed E-state index contributed by atoms with van der Waals surface area (Å²) in [6.07, 6.45) is 0.299. The molecule has 0 saturated carbocycles. The van der Waals surface area contributed by atoms with E-state index in [4.69, 9.17) is 5.11 Å². The van der Waals surface area contributed by atoms with Crippen molar-refractivity contribution in [1.29, 1.82) is 0 Å². The molecule has 0 aliphatic carbocycles. The monoisotopic (exact) mass is 202 g/mol. The van der Waals surface area contributed by atoms with Gasteiger partial charge in [-0.25, -0.2) is 4.79 Å². The summed E-state index contributed by atoms with van der Waals surface area (Å²) in [5, 5.41) is 14.1. The zero-order valence-electron chi connectivity index (χ0n) is 8.83. The summed E-state index contributed by atoms with van der Waals surface area (Å²) < 4.78 is 0. The van der Waals surface area contributed by atoms with Crippen molar-refractivity contribution in [1.82, 2.24) is 10.6 Å². The highest BCUT2D eigenvalue weighted by Gasteiger charge is 2.22. The molecule has 1 unspecified atom stereocenters. The van der Waals surface area contributed by atoms with E-state index in [0.717, 1.165) is 0 Å². The minimum Gasteiger partial charge on any atom is -0.480 e. The number of aliphatic carboxylic acids is 1. The number of carbonyl (C=O) groups is 2. The topological polar surface area (TPSA) is 78.4 Å². The molecule has 0 spiro atoms. The van der Waals surface area contributed by atoms with Gasteiger partial charge in [-0.2, -0.15) is 0 Å². The van der Waals surface area contributed by atoms with E-state index < -0.39 is 12.0 Å². The molecule has 0 aliphatic rings. The predicted octanol–water partition coefficient (Wildman–Crippen LogP) is -0.179. The van der Waals surface area contributed by atoms with E-state index in [2.05, 4.69) is 10.6 Å². The second kappa shape index (κ2) is 6.37. The van der Waals surface area contributed by atoms with E-state index in [0.29, 0.717) is 13.0 Å². The first-order chi connectivity index (χ1) is 6.49. The van der Waals surface area contributed by atoms with Gasteiger partial charge in [0.1, 0.15) is 6.04 Å². The summed E-state index contributed by atoms with van der Waals surface area (Å²) in [7, 11) is 1.74. The van der Waals surface area contributed by atoms with Gasteiger partial charge in [-0.15, -0.1) is 0 Å². The highest BCUT2D eigenvalue weighted by Crippen LogP contribution is 2.01. The SMILES string of the molecule is CNCCC(=O)NC(C(=O)O)C(C)C. The number of carboxylic acid groups (broad SMARTS) is 1. The van der Waals surface area contributed by atoms with Crippen molar-refractivity contribution in [3.8, 4) is 0 Å². The van der Waals surface area contributed by atoms with Crippen molar-refractivity contribution in [2.75, 3.05) is 13.6 Å². The lowest BCUT2D eigenvalue weighted by molar-refractivity contribution is -0.143. The molecule has 0 aromatic carbocycles. The molecule has 5 nitrogen and oxygen atoms in total. The molecule has 1 amide bonds. The quantitative estimate of drug-likeness (QED) is 0.558. The lowest BCUT2D eigenvalue weighted by atomic mass is 10.0. The first-order valence-corrected chi connectivity index (χ1v) is 4.65. The first kappa shape index (κ1) is 12.9. The Hall–Kier alpha value is -1.10. The van der Waals surface area contributed by atoms with Crippen LogP contribution in [-0.4, -0.2) is 36.6 Å². The third-order valence-electron chi connectivity index (χ3n) is 1.85. The van der Waals surface area contributed by atoms with Crippen molar-refractivity contribution in [2.24, 2.45) is 5.92 Å². The number of carbonyl (C=O) groups excluding carboxylic acids is 1. The molecule has 0 aromatic heterocycles. The molecule has 3 N–H and O–H groups in total. The summed E-state index contributed by atoms with van der Waals surface area (Å²) in [5.74, 6) is -1.33. The Kier molecular flexibility index (Phi) is 5.87. The molecule has 14 heavy (non-hydrogen) atoms. The molecule has 0 saturated heterocycles. The third kappa shape index (κ3) is 4.81. The molecule has 82 valence electrons. The largest absolute Gasteiger partial charge is 0.480 e. The van der Waals surface area contributed by atoms with E-state index >= 15 is 0 Å². The van der Waals surface area contributed by atoms with Crippen molar-refractivity contribution < 1.29 is 14.7 Å². The van der Waals surface area contributed by atoms with Gasteiger partial charge in [0.15, 0.2) is 0 Å². The number of amides is 1. The fraction of sp³-hybridized carbons (Fsp3) is 0.778. The summed E-state index contributed by atoms with van der Waals surface area (Å²) in [4.78, 5) is 21.9. The van der Waals surface area contributed by atoms with Gasteiger partial charge in [0.25, 0.3) is 0 Å². The molecular weight excluding hydrogens is 184 g/mol. The summed E-state index contributed by atoms with van der Waals surface area (Å²) >= 11 is 0. The van der Waals surface area contributed by atoms with Crippen LogP contribution in [0.5, 0.6) is 0 Å². The van der Waals surface area contributed by atoms with Gasteiger partial charge in [0.05, 0.1) is 0 Å². The van der Waals surface area contributed by atoms with Crippen LogP contribution in [-0.2, 0) is 9.59 Å². The average molecular weight is 202 g/mol. The summed E-state index contributed by atoms with van der Waals surface area (Å²) in [6.45, 7) is 4.07. The van der Waals surface area contributed by atoms with Crippen molar-refractivity contribution >= 4 is 11.9 Å². The molecule has 0 radical (unpaired) electrons. The zero-order chi connectivity index (χ0) is 11.1. The smallest absolute Gasteiger partial charge is 0.326 e. The van der Waals surface area contributed by atoms with Gasteiger partial charge >= 0.3 is 5.97 Å². The van der Waals surface area contributed by atoms with Crippen molar-refractivity contribution in [3.05, 3.63) is 0 Å². The Labute approximate surface area is 83.9 Å². The van der Waals surface area contributed by atoms with E-state index in [9.17, 15) is 9.59 Å². The van der Waals surface area contributed by atoms with E-state index in [-0.39, 0.29) is 11.8 Å². The van der Waals surface area contributed by atoms with Crippen LogP contribution in [0.25, 0.3) is 0 Å². The van der Waals surface area contributed by atoms with Crippen LogP contribution in [0, 0.1) is 5.92 Å². The molecule has 0 bridgehead atoms. The summed E-state index contributed by atoms with van der Waals surface area (Å²) in [5.41, 5.74) is 0. The lowest BCUT2D eigenvalue weighted by Gasteiger charge is -2.17. The van der Waals surface area contributed by atoms with Crippen LogP contribution in [0.2, 0.25) is 0 Å². The van der Waals surface area contributed by atoms with Crippen molar-refractivity contribution in [3.63, 3.8) is 0 Å². The number of nitrogens with one attached hydrogen (secondary N) is 2. The van der Waals surface area contributed by atoms with Crippen LogP contribution in [0.3, 0.4) is 0 Å². The number of hydrogen-bond acceptors (Lipinski definition) is 3. The van der Waals surface area contributed by atoms with E-state index in [1.165, 1.54) is 0 Å². The first-order valence-electron chi connectivity index (χ1n) is 4.65. The Bertz CT molecular complexity index is 204. The minimum atomic E-state index is -0.988. The van der Waals surface area contributed by atoms with Gasteiger partial charge in [-0.05, 0) is 13.0 Å². The Balaban J connectivity index is 4.04. The molecule has 0 fully saturated rings.